The second-order valence-corrected chi connectivity index (χ2v) is 3.70. The Balaban J connectivity index is 0. The van der Waals surface area contributed by atoms with E-state index in [2.05, 4.69) is 0 Å². The normalized spacial score (nSPS) is 11.4. The molecule has 0 unspecified atom stereocenters. The van der Waals surface area contributed by atoms with Crippen molar-refractivity contribution in [3.05, 3.63) is 11.1 Å². The average molecular weight is 292 g/mol. The number of aliphatic carboxylic acids is 2. The standard InChI is InChI=1S/C12H20O4.Zn/c1-3-5-6-7-8-10(12(15)16)9(4-2)11(13)14;/h3-8H2,1-2H3,(H,13,14)(H,15,16);/q;+2/p-2/b10-9-;. The predicted molar refractivity (Wildman–Crippen MR) is 56.1 cm³/mol. The maximum atomic E-state index is 10.8. The molecule has 0 radical (unpaired) electrons. The van der Waals surface area contributed by atoms with Gasteiger partial charge in [0.2, 0.25) is 0 Å². The van der Waals surface area contributed by atoms with E-state index in [0.717, 1.165) is 19.3 Å². The molecule has 0 rings (SSSR count). The largest absolute Gasteiger partial charge is 2.00 e. The molecule has 0 heterocycles. The molecule has 0 atom stereocenters. The number of rotatable bonds is 8. The molecule has 4 nitrogen and oxygen atoms in total. The van der Waals surface area contributed by atoms with Crippen molar-refractivity contribution in [2.45, 2.75) is 52.4 Å². The van der Waals surface area contributed by atoms with Crippen molar-refractivity contribution in [1.29, 1.82) is 0 Å². The number of unbranched alkanes of at least 4 members (excludes halogenated alkanes) is 3. The van der Waals surface area contributed by atoms with Crippen molar-refractivity contribution in [2.24, 2.45) is 0 Å². The Morgan fingerprint density at radius 2 is 1.41 bits per heavy atom. The number of carboxylic acids is 2. The van der Waals surface area contributed by atoms with Gasteiger partial charge in [-0.25, -0.2) is 0 Å². The first-order chi connectivity index (χ1) is 7.54. The maximum absolute atomic E-state index is 10.8. The van der Waals surface area contributed by atoms with E-state index in [9.17, 15) is 19.8 Å². The minimum absolute atomic E-state index is 0. The van der Waals surface area contributed by atoms with Gasteiger partial charge in [-0.3, -0.25) is 0 Å². The van der Waals surface area contributed by atoms with Gasteiger partial charge in [-0.1, -0.05) is 33.1 Å². The van der Waals surface area contributed by atoms with Crippen molar-refractivity contribution in [3.8, 4) is 0 Å². The Labute approximate surface area is 115 Å². The number of carboxylic acid groups (broad SMARTS) is 2. The van der Waals surface area contributed by atoms with Crippen LogP contribution in [0.25, 0.3) is 0 Å². The topological polar surface area (TPSA) is 80.3 Å². The summed E-state index contributed by atoms with van der Waals surface area (Å²) in [6.07, 6.45) is 4.04. The minimum Gasteiger partial charge on any atom is -0.545 e. The number of carbonyl (C=O) groups excluding carboxylic acids is 2. The summed E-state index contributed by atoms with van der Waals surface area (Å²) >= 11 is 0. The quantitative estimate of drug-likeness (QED) is 0.362. The Bertz CT molecular complexity index is 284. The van der Waals surface area contributed by atoms with Crippen molar-refractivity contribution in [3.63, 3.8) is 0 Å². The van der Waals surface area contributed by atoms with E-state index in [1.54, 1.807) is 6.92 Å². The molecule has 0 aliphatic heterocycles. The molecule has 0 saturated carbocycles. The third-order valence-corrected chi connectivity index (χ3v) is 2.49. The first-order valence-corrected chi connectivity index (χ1v) is 5.69. The molecule has 92 valence electrons. The molecule has 0 aromatic carbocycles. The van der Waals surface area contributed by atoms with Gasteiger partial charge in [0.15, 0.2) is 0 Å². The Hall–Kier alpha value is -0.697. The van der Waals surface area contributed by atoms with E-state index in [1.807, 2.05) is 6.92 Å². The van der Waals surface area contributed by atoms with Gasteiger partial charge in [-0.05, 0) is 30.4 Å². The van der Waals surface area contributed by atoms with Gasteiger partial charge in [-0.2, -0.15) is 0 Å². The summed E-state index contributed by atoms with van der Waals surface area (Å²) in [7, 11) is 0. The van der Waals surface area contributed by atoms with Crippen LogP contribution in [0.4, 0.5) is 0 Å². The van der Waals surface area contributed by atoms with Gasteiger partial charge in [0.1, 0.15) is 0 Å². The van der Waals surface area contributed by atoms with Crippen molar-refractivity contribution >= 4 is 11.9 Å². The monoisotopic (exact) mass is 290 g/mol. The molecule has 0 aromatic heterocycles. The fraction of sp³-hybridized carbons (Fsp3) is 0.667. The Morgan fingerprint density at radius 1 is 0.882 bits per heavy atom. The zero-order valence-electron chi connectivity index (χ0n) is 10.6. The van der Waals surface area contributed by atoms with Gasteiger partial charge in [0.25, 0.3) is 0 Å². The molecule has 5 heteroatoms. The third-order valence-electron chi connectivity index (χ3n) is 2.49. The summed E-state index contributed by atoms with van der Waals surface area (Å²) in [5.74, 6) is -2.80. The summed E-state index contributed by atoms with van der Waals surface area (Å²) in [6, 6.07) is 0. The SMILES string of the molecule is CCCCCC/C(C(=O)[O-])=C(\CC)C(=O)[O-].[Zn+2]. The summed E-state index contributed by atoms with van der Waals surface area (Å²) in [4.78, 5) is 21.5. The van der Waals surface area contributed by atoms with Crippen LogP contribution in [-0.2, 0) is 29.1 Å². The number of carbonyl (C=O) groups is 2. The molecular formula is C12H18O4Zn. The fourth-order valence-electron chi connectivity index (χ4n) is 1.59. The Kier molecular flexibility index (Phi) is 11.5. The average Bonchev–Trinajstić information content (AvgIpc) is 2.21. The van der Waals surface area contributed by atoms with Crippen LogP contribution in [0.2, 0.25) is 0 Å². The van der Waals surface area contributed by atoms with Crippen molar-refractivity contribution in [2.75, 3.05) is 0 Å². The minimum atomic E-state index is -1.41. The molecule has 0 N–H and O–H groups in total. The van der Waals surface area contributed by atoms with Crippen LogP contribution in [0.1, 0.15) is 52.4 Å². The van der Waals surface area contributed by atoms with E-state index in [-0.39, 0.29) is 43.5 Å². The van der Waals surface area contributed by atoms with E-state index >= 15 is 0 Å². The van der Waals surface area contributed by atoms with Crippen LogP contribution in [0, 0.1) is 0 Å². The Morgan fingerprint density at radius 3 is 1.76 bits per heavy atom. The molecule has 0 bridgehead atoms. The summed E-state index contributed by atoms with van der Waals surface area (Å²) in [6.45, 7) is 3.65. The van der Waals surface area contributed by atoms with Gasteiger partial charge in [-0.15, -0.1) is 0 Å². The molecule has 0 aliphatic carbocycles. The molecule has 0 aliphatic rings. The van der Waals surface area contributed by atoms with Crippen molar-refractivity contribution < 1.29 is 39.3 Å². The van der Waals surface area contributed by atoms with Gasteiger partial charge in [0.05, 0.1) is 11.9 Å². The van der Waals surface area contributed by atoms with E-state index < -0.39 is 11.9 Å². The summed E-state index contributed by atoms with van der Waals surface area (Å²) in [5, 5.41) is 21.5. The third kappa shape index (κ3) is 7.27. The molecule has 0 spiro atoms. The van der Waals surface area contributed by atoms with Crippen LogP contribution in [-0.4, -0.2) is 11.9 Å². The first kappa shape index (κ1) is 18.7. The van der Waals surface area contributed by atoms with Gasteiger partial charge < -0.3 is 19.8 Å². The first-order valence-electron chi connectivity index (χ1n) is 5.69. The number of hydrogen-bond acceptors (Lipinski definition) is 4. The fourth-order valence-corrected chi connectivity index (χ4v) is 1.59. The molecule has 0 amide bonds. The zero-order valence-corrected chi connectivity index (χ0v) is 13.5. The van der Waals surface area contributed by atoms with Crippen LogP contribution in [0.3, 0.4) is 0 Å². The van der Waals surface area contributed by atoms with Gasteiger partial charge >= 0.3 is 19.5 Å². The van der Waals surface area contributed by atoms with E-state index in [0.29, 0.717) is 6.42 Å². The van der Waals surface area contributed by atoms with Gasteiger partial charge in [0, 0.05) is 0 Å². The maximum Gasteiger partial charge on any atom is 2.00 e. The van der Waals surface area contributed by atoms with Crippen LogP contribution in [0.15, 0.2) is 11.1 Å². The van der Waals surface area contributed by atoms with Crippen molar-refractivity contribution in [1.82, 2.24) is 0 Å². The molecule has 0 aromatic rings. The number of hydrogen-bond donors (Lipinski definition) is 0. The smallest absolute Gasteiger partial charge is 0.545 e. The molecular weight excluding hydrogens is 274 g/mol. The van der Waals surface area contributed by atoms with Crippen LogP contribution < -0.4 is 10.2 Å². The second-order valence-electron chi connectivity index (χ2n) is 3.70. The molecule has 0 fully saturated rings. The predicted octanol–water partition coefficient (Wildman–Crippen LogP) is 0.161. The summed E-state index contributed by atoms with van der Waals surface area (Å²) in [5.41, 5.74) is -0.255. The van der Waals surface area contributed by atoms with E-state index in [4.69, 9.17) is 0 Å². The van der Waals surface area contributed by atoms with Crippen LogP contribution >= 0.6 is 0 Å². The zero-order chi connectivity index (χ0) is 12.6. The summed E-state index contributed by atoms with van der Waals surface area (Å²) < 4.78 is 0. The molecule has 0 saturated heterocycles. The van der Waals surface area contributed by atoms with E-state index in [1.165, 1.54) is 0 Å². The second kappa shape index (κ2) is 10.5. The van der Waals surface area contributed by atoms with Crippen LogP contribution in [0.5, 0.6) is 0 Å². The molecule has 17 heavy (non-hydrogen) atoms.